The molecule has 0 unspecified atom stereocenters. The van der Waals surface area contributed by atoms with E-state index in [2.05, 4.69) is 0 Å². The molecular weight excluding hydrogens is 192 g/mol. The van der Waals surface area contributed by atoms with Gasteiger partial charge in [0.25, 0.3) is 0 Å². The van der Waals surface area contributed by atoms with Crippen LogP contribution in [0.25, 0.3) is 0 Å². The van der Waals surface area contributed by atoms with E-state index in [0.29, 0.717) is 32.3 Å². The lowest BCUT2D eigenvalue weighted by Gasteiger charge is -2.16. The average molecular weight is 214 g/mol. The summed E-state index contributed by atoms with van der Waals surface area (Å²) in [6.45, 7) is 8.31. The molecule has 0 amide bonds. The molecule has 0 N–H and O–H groups in total. The molecule has 0 bridgehead atoms. The molecule has 15 heavy (non-hydrogen) atoms. The van der Waals surface area contributed by atoms with Crippen LogP contribution in [0.1, 0.15) is 53.4 Å². The van der Waals surface area contributed by atoms with Gasteiger partial charge in [0.15, 0.2) is 0 Å². The molecule has 0 aromatic heterocycles. The van der Waals surface area contributed by atoms with Crippen LogP contribution in [0.2, 0.25) is 0 Å². The van der Waals surface area contributed by atoms with E-state index < -0.39 is 0 Å². The minimum absolute atomic E-state index is 0.0427. The van der Waals surface area contributed by atoms with Crippen molar-refractivity contribution in [2.24, 2.45) is 5.41 Å². The van der Waals surface area contributed by atoms with Crippen LogP contribution in [0.5, 0.6) is 0 Å². The maximum Gasteiger partial charge on any atom is 0.305 e. The highest BCUT2D eigenvalue weighted by molar-refractivity contribution is 5.79. The summed E-state index contributed by atoms with van der Waals surface area (Å²) in [6, 6.07) is 0. The first-order valence-corrected chi connectivity index (χ1v) is 5.52. The fourth-order valence-corrected chi connectivity index (χ4v) is 1.34. The van der Waals surface area contributed by atoms with Gasteiger partial charge < -0.3 is 4.74 Å². The third kappa shape index (κ3) is 9.44. The van der Waals surface area contributed by atoms with Gasteiger partial charge in [0.1, 0.15) is 5.78 Å². The molecular formula is C12H22O3. The first kappa shape index (κ1) is 14.1. The summed E-state index contributed by atoms with van der Waals surface area (Å²) in [5.74, 6) is 0.0212. The molecule has 0 heterocycles. The van der Waals surface area contributed by atoms with Crippen LogP contribution >= 0.6 is 0 Å². The average Bonchev–Trinajstić information content (AvgIpc) is 2.00. The summed E-state index contributed by atoms with van der Waals surface area (Å²) in [4.78, 5) is 22.4. The van der Waals surface area contributed by atoms with E-state index in [9.17, 15) is 9.59 Å². The highest BCUT2D eigenvalue weighted by Gasteiger charge is 2.15. The third-order valence-electron chi connectivity index (χ3n) is 1.87. The zero-order valence-corrected chi connectivity index (χ0v) is 10.3. The number of carbonyl (C=O) groups is 2. The Bertz CT molecular complexity index is 213. The Hall–Kier alpha value is -0.860. The number of hydrogen-bond acceptors (Lipinski definition) is 3. The van der Waals surface area contributed by atoms with Gasteiger partial charge in [0.2, 0.25) is 0 Å². The molecule has 3 heteroatoms. The fourth-order valence-electron chi connectivity index (χ4n) is 1.34. The van der Waals surface area contributed by atoms with Crippen LogP contribution in [0.4, 0.5) is 0 Å². The maximum absolute atomic E-state index is 11.4. The first-order valence-electron chi connectivity index (χ1n) is 5.52. The smallest absolute Gasteiger partial charge is 0.305 e. The number of esters is 1. The van der Waals surface area contributed by atoms with E-state index in [-0.39, 0.29) is 17.2 Å². The minimum Gasteiger partial charge on any atom is -0.466 e. The number of rotatable bonds is 6. The van der Waals surface area contributed by atoms with Crippen molar-refractivity contribution in [2.45, 2.75) is 53.4 Å². The van der Waals surface area contributed by atoms with Crippen LogP contribution in [0.15, 0.2) is 0 Å². The highest BCUT2D eigenvalue weighted by Crippen LogP contribution is 2.20. The Morgan fingerprint density at radius 2 is 1.73 bits per heavy atom. The van der Waals surface area contributed by atoms with Crippen LogP contribution in [-0.2, 0) is 14.3 Å². The lowest BCUT2D eigenvalue weighted by atomic mass is 9.88. The second-order valence-electron chi connectivity index (χ2n) is 4.93. The molecule has 0 saturated carbocycles. The molecule has 0 atom stereocenters. The Kier molecular flexibility index (Phi) is 6.21. The minimum atomic E-state index is -0.207. The Balaban J connectivity index is 3.60. The standard InChI is InChI=1S/C12H22O3/c1-5-15-11(14)8-6-7-10(13)9-12(2,3)4/h5-9H2,1-4H3. The summed E-state index contributed by atoms with van der Waals surface area (Å²) < 4.78 is 4.77. The quantitative estimate of drug-likeness (QED) is 0.638. The molecule has 0 rings (SSSR count). The topological polar surface area (TPSA) is 43.4 Å². The molecule has 0 aliphatic heterocycles. The van der Waals surface area contributed by atoms with Gasteiger partial charge in [0, 0.05) is 19.3 Å². The molecule has 3 nitrogen and oxygen atoms in total. The lowest BCUT2D eigenvalue weighted by molar-refractivity contribution is -0.143. The Morgan fingerprint density at radius 1 is 1.13 bits per heavy atom. The fraction of sp³-hybridized carbons (Fsp3) is 0.833. The maximum atomic E-state index is 11.4. The van der Waals surface area contributed by atoms with Crippen molar-refractivity contribution >= 4 is 11.8 Å². The monoisotopic (exact) mass is 214 g/mol. The number of ketones is 1. The zero-order valence-electron chi connectivity index (χ0n) is 10.3. The molecule has 0 spiro atoms. The molecule has 0 aromatic rings. The summed E-state index contributed by atoms with van der Waals surface area (Å²) in [5, 5.41) is 0. The summed E-state index contributed by atoms with van der Waals surface area (Å²) in [7, 11) is 0. The van der Waals surface area contributed by atoms with Gasteiger partial charge in [-0.2, -0.15) is 0 Å². The van der Waals surface area contributed by atoms with Gasteiger partial charge in [-0.05, 0) is 18.8 Å². The van der Waals surface area contributed by atoms with E-state index in [1.54, 1.807) is 6.92 Å². The van der Waals surface area contributed by atoms with Gasteiger partial charge in [-0.3, -0.25) is 9.59 Å². The van der Waals surface area contributed by atoms with Crippen LogP contribution < -0.4 is 0 Å². The van der Waals surface area contributed by atoms with E-state index >= 15 is 0 Å². The Labute approximate surface area is 92.2 Å². The van der Waals surface area contributed by atoms with Crippen LogP contribution in [0.3, 0.4) is 0 Å². The summed E-state index contributed by atoms with van der Waals surface area (Å²) >= 11 is 0. The zero-order chi connectivity index (χ0) is 11.9. The molecule has 88 valence electrons. The van der Waals surface area contributed by atoms with Gasteiger partial charge in [0.05, 0.1) is 6.61 Å². The van der Waals surface area contributed by atoms with Crippen molar-refractivity contribution in [1.29, 1.82) is 0 Å². The van der Waals surface area contributed by atoms with Crippen molar-refractivity contribution in [3.8, 4) is 0 Å². The molecule has 0 radical (unpaired) electrons. The highest BCUT2D eigenvalue weighted by atomic mass is 16.5. The predicted molar refractivity (Wildman–Crippen MR) is 59.6 cm³/mol. The van der Waals surface area contributed by atoms with Crippen molar-refractivity contribution in [1.82, 2.24) is 0 Å². The number of ether oxygens (including phenoxy) is 1. The van der Waals surface area contributed by atoms with Gasteiger partial charge in [-0.15, -0.1) is 0 Å². The number of Topliss-reactive ketones (excluding diaryl/α,β-unsaturated/α-hetero) is 1. The van der Waals surface area contributed by atoms with E-state index in [1.165, 1.54) is 0 Å². The van der Waals surface area contributed by atoms with Crippen LogP contribution in [-0.4, -0.2) is 18.4 Å². The summed E-state index contributed by atoms with van der Waals surface area (Å²) in [5.41, 5.74) is 0.0427. The van der Waals surface area contributed by atoms with E-state index in [1.807, 2.05) is 20.8 Å². The second-order valence-corrected chi connectivity index (χ2v) is 4.93. The van der Waals surface area contributed by atoms with E-state index in [0.717, 1.165) is 0 Å². The normalized spacial score (nSPS) is 11.2. The Morgan fingerprint density at radius 3 is 2.20 bits per heavy atom. The number of hydrogen-bond donors (Lipinski definition) is 0. The third-order valence-corrected chi connectivity index (χ3v) is 1.87. The van der Waals surface area contributed by atoms with Gasteiger partial charge >= 0.3 is 5.97 Å². The largest absolute Gasteiger partial charge is 0.466 e. The first-order chi connectivity index (χ1) is 6.85. The lowest BCUT2D eigenvalue weighted by Crippen LogP contribution is -2.13. The predicted octanol–water partition coefficient (Wildman–Crippen LogP) is 2.73. The van der Waals surface area contributed by atoms with Crippen molar-refractivity contribution in [2.75, 3.05) is 6.61 Å². The van der Waals surface area contributed by atoms with Crippen molar-refractivity contribution < 1.29 is 14.3 Å². The summed E-state index contributed by atoms with van der Waals surface area (Å²) in [6.07, 6.45) is 2.02. The molecule has 0 aromatic carbocycles. The van der Waals surface area contributed by atoms with Crippen molar-refractivity contribution in [3.05, 3.63) is 0 Å². The SMILES string of the molecule is CCOC(=O)CCCC(=O)CC(C)(C)C. The van der Waals surface area contributed by atoms with Gasteiger partial charge in [-0.25, -0.2) is 0 Å². The van der Waals surface area contributed by atoms with Crippen LogP contribution in [0, 0.1) is 5.41 Å². The molecule has 0 aliphatic carbocycles. The molecule has 0 saturated heterocycles. The van der Waals surface area contributed by atoms with Crippen molar-refractivity contribution in [3.63, 3.8) is 0 Å². The molecule has 0 aliphatic rings. The second kappa shape index (κ2) is 6.59. The van der Waals surface area contributed by atoms with E-state index in [4.69, 9.17) is 4.74 Å². The van der Waals surface area contributed by atoms with Gasteiger partial charge in [-0.1, -0.05) is 20.8 Å². The number of carbonyl (C=O) groups excluding carboxylic acids is 2. The molecule has 0 fully saturated rings.